The number of hydrogen-bond acceptors (Lipinski definition) is 4. The van der Waals surface area contributed by atoms with Gasteiger partial charge in [0.1, 0.15) is 5.75 Å². The number of hydrazine groups is 1. The fourth-order valence-electron chi connectivity index (χ4n) is 2.28. The molecule has 1 aromatic heterocycles. The summed E-state index contributed by atoms with van der Waals surface area (Å²) in [6.45, 7) is 2.53. The normalized spacial score (nSPS) is 11.5. The topological polar surface area (TPSA) is 105 Å². The first kappa shape index (κ1) is 19.9. The zero-order valence-corrected chi connectivity index (χ0v) is 15.4. The van der Waals surface area contributed by atoms with Crippen LogP contribution in [0.1, 0.15) is 25.3 Å². The summed E-state index contributed by atoms with van der Waals surface area (Å²) in [5, 5.41) is 8.34. The van der Waals surface area contributed by atoms with Crippen LogP contribution in [-0.4, -0.2) is 24.7 Å². The van der Waals surface area contributed by atoms with Crippen molar-refractivity contribution in [1.82, 2.24) is 10.4 Å². The maximum Gasteiger partial charge on any atom is 0.373 e. The summed E-state index contributed by atoms with van der Waals surface area (Å²) in [5.41, 5.74) is 5.29. The average Bonchev–Trinajstić information content (AvgIpc) is 2.99. The summed E-state index contributed by atoms with van der Waals surface area (Å²) in [4.78, 5) is 14.1. The Morgan fingerprint density at radius 1 is 1.46 bits per heavy atom. The zero-order chi connectivity index (χ0) is 16.7. The Morgan fingerprint density at radius 2 is 2.25 bits per heavy atom. The van der Waals surface area contributed by atoms with Crippen molar-refractivity contribution in [1.29, 1.82) is 0 Å². The van der Waals surface area contributed by atoms with E-state index in [9.17, 15) is 4.79 Å². The molecule has 24 heavy (non-hydrogen) atoms. The van der Waals surface area contributed by atoms with E-state index in [2.05, 4.69) is 28.2 Å². The van der Waals surface area contributed by atoms with Gasteiger partial charge in [-0.05, 0) is 36.6 Å². The smallest absolute Gasteiger partial charge is 0.373 e. The number of azo groups is 1. The molecule has 0 saturated heterocycles. The third kappa shape index (κ3) is 5.17. The summed E-state index contributed by atoms with van der Waals surface area (Å²) in [6.07, 6.45) is 5.74. The molecule has 1 aromatic carbocycles. The van der Waals surface area contributed by atoms with Crippen molar-refractivity contribution in [3.63, 3.8) is 0 Å². The average molecular weight is 396 g/mol. The predicted octanol–water partition coefficient (Wildman–Crippen LogP) is 3.97. The van der Waals surface area contributed by atoms with E-state index in [0.29, 0.717) is 6.54 Å². The molecule has 2 amide bonds. The maximum atomic E-state index is 10.9. The van der Waals surface area contributed by atoms with E-state index in [4.69, 9.17) is 10.6 Å². The number of amides is 2. The summed E-state index contributed by atoms with van der Waals surface area (Å²) in [5.74, 6) is 5.75. The zero-order valence-electron chi connectivity index (χ0n) is 13.7. The third-order valence-electron chi connectivity index (χ3n) is 3.55. The molecular weight excluding hydrogens is 374 g/mol. The number of aromatic amines is 1. The Hall–Kier alpha value is -2.19. The molecule has 0 bridgehead atoms. The third-order valence-corrected chi connectivity index (χ3v) is 3.55. The Kier molecular flexibility index (Phi) is 8.14. The van der Waals surface area contributed by atoms with Crippen LogP contribution in [0.3, 0.4) is 0 Å². The molecule has 1 heterocycles. The first-order valence-corrected chi connectivity index (χ1v) is 7.40. The van der Waals surface area contributed by atoms with Gasteiger partial charge in [-0.25, -0.2) is 10.6 Å². The molecule has 130 valence electrons. The quantitative estimate of drug-likeness (QED) is 0.298. The van der Waals surface area contributed by atoms with Crippen LogP contribution >= 0.6 is 17.0 Å². The van der Waals surface area contributed by atoms with Crippen LogP contribution in [0.15, 0.2) is 40.2 Å². The van der Waals surface area contributed by atoms with E-state index in [1.54, 1.807) is 7.11 Å². The maximum absolute atomic E-state index is 10.9. The van der Waals surface area contributed by atoms with Gasteiger partial charge < -0.3 is 9.72 Å². The molecule has 0 spiro atoms. The molecule has 2 aromatic rings. The molecule has 0 fully saturated rings. The van der Waals surface area contributed by atoms with Crippen molar-refractivity contribution in [3.05, 3.63) is 35.5 Å². The lowest BCUT2D eigenvalue weighted by atomic mass is 10.1. The molecule has 7 nitrogen and oxygen atoms in total. The highest BCUT2D eigenvalue weighted by Gasteiger charge is 2.04. The van der Waals surface area contributed by atoms with Gasteiger partial charge in [-0.15, -0.1) is 17.0 Å². The van der Waals surface area contributed by atoms with Gasteiger partial charge >= 0.3 is 6.03 Å². The van der Waals surface area contributed by atoms with E-state index in [1.807, 2.05) is 29.8 Å². The van der Waals surface area contributed by atoms with E-state index in [0.717, 1.165) is 35.1 Å². The Labute approximate surface area is 151 Å². The minimum atomic E-state index is -0.643. The van der Waals surface area contributed by atoms with Crippen LogP contribution in [0.5, 0.6) is 5.75 Å². The Balaban J connectivity index is 0.00000288. The molecule has 0 unspecified atom stereocenters. The van der Waals surface area contributed by atoms with Crippen molar-refractivity contribution in [3.8, 4) is 5.75 Å². The van der Waals surface area contributed by atoms with Gasteiger partial charge in [0.25, 0.3) is 0 Å². The largest absolute Gasteiger partial charge is 0.497 e. The van der Waals surface area contributed by atoms with Gasteiger partial charge in [0.2, 0.25) is 0 Å². The van der Waals surface area contributed by atoms with Gasteiger partial charge in [0, 0.05) is 17.1 Å². The molecule has 0 aliphatic heterocycles. The molecular formula is C16H22BrN5O2. The SMILES string of the molecule is Br.CCC(=Cc1c[nH]c2ccc(OC)cc12)CCN=NC(=O)NN. The second-order valence-electron chi connectivity index (χ2n) is 4.98. The Bertz CT molecular complexity index is 739. The summed E-state index contributed by atoms with van der Waals surface area (Å²) in [6, 6.07) is 5.29. The monoisotopic (exact) mass is 395 g/mol. The summed E-state index contributed by atoms with van der Waals surface area (Å²) < 4.78 is 5.28. The number of rotatable bonds is 6. The number of ether oxygens (including phenoxy) is 1. The van der Waals surface area contributed by atoms with Crippen molar-refractivity contribution in [2.24, 2.45) is 16.1 Å². The second kappa shape index (κ2) is 9.84. The van der Waals surface area contributed by atoms with Crippen LogP contribution in [0.4, 0.5) is 4.79 Å². The molecule has 0 aliphatic rings. The van der Waals surface area contributed by atoms with Crippen LogP contribution in [0.25, 0.3) is 17.0 Å². The van der Waals surface area contributed by atoms with E-state index < -0.39 is 6.03 Å². The highest BCUT2D eigenvalue weighted by molar-refractivity contribution is 8.93. The van der Waals surface area contributed by atoms with Gasteiger partial charge in [0.15, 0.2) is 0 Å². The van der Waals surface area contributed by atoms with Crippen molar-refractivity contribution < 1.29 is 9.53 Å². The van der Waals surface area contributed by atoms with Gasteiger partial charge in [0.05, 0.1) is 13.7 Å². The van der Waals surface area contributed by atoms with E-state index in [1.165, 1.54) is 5.57 Å². The summed E-state index contributed by atoms with van der Waals surface area (Å²) >= 11 is 0. The highest BCUT2D eigenvalue weighted by atomic mass is 79.9. The number of methoxy groups -OCH3 is 1. The molecule has 0 saturated carbocycles. The van der Waals surface area contributed by atoms with Gasteiger partial charge in [-0.3, -0.25) is 5.43 Å². The number of H-pyrrole nitrogens is 1. The highest BCUT2D eigenvalue weighted by Crippen LogP contribution is 2.26. The van der Waals surface area contributed by atoms with Crippen molar-refractivity contribution >= 4 is 40.0 Å². The number of urea groups is 1. The molecule has 0 aliphatic carbocycles. The van der Waals surface area contributed by atoms with Crippen LogP contribution in [0, 0.1) is 0 Å². The number of aromatic nitrogens is 1. The molecule has 8 heteroatoms. The van der Waals surface area contributed by atoms with Crippen molar-refractivity contribution in [2.45, 2.75) is 19.8 Å². The minimum absolute atomic E-state index is 0. The number of carbonyl (C=O) groups is 1. The molecule has 4 N–H and O–H groups in total. The van der Waals surface area contributed by atoms with Crippen molar-refractivity contribution in [2.75, 3.05) is 13.7 Å². The van der Waals surface area contributed by atoms with Crippen LogP contribution in [0.2, 0.25) is 0 Å². The lowest BCUT2D eigenvalue weighted by molar-refractivity contribution is 0.248. The lowest BCUT2D eigenvalue weighted by Gasteiger charge is -2.03. The number of nitrogens with zero attached hydrogens (tertiary/aromatic N) is 2. The molecule has 0 radical (unpaired) electrons. The lowest BCUT2D eigenvalue weighted by Crippen LogP contribution is -2.26. The number of nitrogens with two attached hydrogens (primary N) is 1. The van der Waals surface area contributed by atoms with Crippen LogP contribution < -0.4 is 16.0 Å². The summed E-state index contributed by atoms with van der Waals surface area (Å²) in [7, 11) is 1.66. The minimum Gasteiger partial charge on any atom is -0.497 e. The van der Waals surface area contributed by atoms with Gasteiger partial charge in [-0.1, -0.05) is 23.7 Å². The fraction of sp³-hybridized carbons (Fsp3) is 0.312. The number of hydrogen-bond donors (Lipinski definition) is 3. The number of nitrogens with one attached hydrogen (secondary N) is 2. The van der Waals surface area contributed by atoms with Crippen LogP contribution in [-0.2, 0) is 0 Å². The number of benzene rings is 1. The van der Waals surface area contributed by atoms with E-state index in [-0.39, 0.29) is 17.0 Å². The van der Waals surface area contributed by atoms with E-state index >= 15 is 0 Å². The number of carbonyl (C=O) groups excluding carboxylic acids is 1. The van der Waals surface area contributed by atoms with Gasteiger partial charge in [-0.2, -0.15) is 5.11 Å². The molecule has 2 rings (SSSR count). The molecule has 0 atom stereocenters. The first-order valence-electron chi connectivity index (χ1n) is 7.40. The standard InChI is InChI=1S/C16H21N5O2.BrH/c1-3-11(6-7-19-21-16(22)20-17)8-12-10-18-15-5-4-13(23-2)9-14(12)15;/h4-5,8-10,18H,3,6-7,17H2,1-2H3,(H,20,22);1H. The fourth-order valence-corrected chi connectivity index (χ4v) is 2.28. The Morgan fingerprint density at radius 3 is 2.92 bits per heavy atom. The first-order chi connectivity index (χ1) is 11.2. The number of fused-ring (bicyclic) bond motifs is 1. The second-order valence-corrected chi connectivity index (χ2v) is 4.98. The number of halogens is 1. The predicted molar refractivity (Wildman–Crippen MR) is 100 cm³/mol.